The van der Waals surface area contributed by atoms with Crippen LogP contribution in [0.4, 0.5) is 4.39 Å². The average Bonchev–Trinajstić information content (AvgIpc) is 2.66. The summed E-state index contributed by atoms with van der Waals surface area (Å²) < 4.78 is 18.3. The molecule has 0 aliphatic heterocycles. The van der Waals surface area contributed by atoms with Crippen LogP contribution < -0.4 is 15.6 Å². The monoisotopic (exact) mass is 372 g/mol. The molecule has 0 aliphatic carbocycles. The lowest BCUT2D eigenvalue weighted by molar-refractivity contribution is -0.128. The van der Waals surface area contributed by atoms with E-state index >= 15 is 0 Å². The van der Waals surface area contributed by atoms with E-state index in [2.05, 4.69) is 10.9 Å². The molecule has 0 spiro atoms. The first kappa shape index (κ1) is 20.1. The number of hydrogen-bond acceptors (Lipinski definition) is 4. The lowest BCUT2D eigenvalue weighted by Gasteiger charge is -2.09. The summed E-state index contributed by atoms with van der Waals surface area (Å²) in [5, 5.41) is 0. The van der Waals surface area contributed by atoms with Gasteiger partial charge in [0.2, 0.25) is 11.8 Å². The summed E-state index contributed by atoms with van der Waals surface area (Å²) >= 11 is 0. The van der Waals surface area contributed by atoms with Gasteiger partial charge < -0.3 is 4.74 Å². The predicted octanol–water partition coefficient (Wildman–Crippen LogP) is 2.58. The van der Waals surface area contributed by atoms with Crippen LogP contribution in [0, 0.1) is 5.82 Å². The Hall–Kier alpha value is -3.22. The molecule has 0 bridgehead atoms. The Bertz CT molecular complexity index is 789. The molecule has 0 heterocycles. The highest BCUT2D eigenvalue weighted by molar-refractivity contribution is 5.94. The first-order valence-electron chi connectivity index (χ1n) is 8.50. The predicted molar refractivity (Wildman–Crippen MR) is 97.6 cm³/mol. The van der Waals surface area contributed by atoms with Crippen LogP contribution >= 0.6 is 0 Å². The maximum atomic E-state index is 12.8. The number of nitrogens with one attached hydrogen (secondary N) is 2. The zero-order valence-corrected chi connectivity index (χ0v) is 15.0. The number of amides is 2. The van der Waals surface area contributed by atoms with E-state index in [1.54, 1.807) is 24.3 Å². The fourth-order valence-corrected chi connectivity index (χ4v) is 2.24. The van der Waals surface area contributed by atoms with E-state index in [4.69, 9.17) is 4.74 Å². The topological polar surface area (TPSA) is 84.5 Å². The van der Waals surface area contributed by atoms with Crippen LogP contribution in [0.2, 0.25) is 0 Å². The smallest absolute Gasteiger partial charge is 0.242 e. The zero-order valence-electron chi connectivity index (χ0n) is 15.0. The molecule has 142 valence electrons. The van der Waals surface area contributed by atoms with Gasteiger partial charge in [0.05, 0.1) is 13.0 Å². The average molecular weight is 372 g/mol. The highest BCUT2D eigenvalue weighted by Crippen LogP contribution is 2.13. The molecule has 7 heteroatoms. The van der Waals surface area contributed by atoms with E-state index in [-0.39, 0.29) is 30.3 Å². The molecular weight excluding hydrogens is 351 g/mol. The van der Waals surface area contributed by atoms with Gasteiger partial charge in [-0.1, -0.05) is 12.1 Å². The number of ether oxygens (including phenoxy) is 1. The van der Waals surface area contributed by atoms with Crippen LogP contribution in [0.1, 0.15) is 35.7 Å². The standard InChI is InChI=1S/C20H21FN2O4/c1-14(24)16-6-10-18(11-7-16)27-12-2-3-19(25)22-23-20(26)13-15-4-8-17(21)9-5-15/h4-11H,2-3,12-13H2,1H3,(H,22,25)(H,23,26). The van der Waals surface area contributed by atoms with Crippen LogP contribution in [-0.2, 0) is 16.0 Å². The Morgan fingerprint density at radius 3 is 2.19 bits per heavy atom. The molecule has 0 fully saturated rings. The maximum absolute atomic E-state index is 12.8. The van der Waals surface area contributed by atoms with Gasteiger partial charge in [-0.2, -0.15) is 0 Å². The van der Waals surface area contributed by atoms with Gasteiger partial charge >= 0.3 is 0 Å². The van der Waals surface area contributed by atoms with Crippen molar-refractivity contribution < 1.29 is 23.5 Å². The minimum Gasteiger partial charge on any atom is -0.494 e. The third-order valence-corrected chi connectivity index (χ3v) is 3.70. The number of carbonyl (C=O) groups excluding carboxylic acids is 3. The molecule has 2 amide bonds. The van der Waals surface area contributed by atoms with E-state index in [1.165, 1.54) is 31.2 Å². The number of halogens is 1. The first-order valence-corrected chi connectivity index (χ1v) is 8.50. The number of rotatable bonds is 8. The van der Waals surface area contributed by atoms with Crippen LogP contribution in [0.3, 0.4) is 0 Å². The van der Waals surface area contributed by atoms with Crippen molar-refractivity contribution >= 4 is 17.6 Å². The number of ketones is 1. The summed E-state index contributed by atoms with van der Waals surface area (Å²) in [5.41, 5.74) is 5.90. The number of hydrogen-bond donors (Lipinski definition) is 2. The molecule has 0 aliphatic rings. The maximum Gasteiger partial charge on any atom is 0.242 e. The lowest BCUT2D eigenvalue weighted by Crippen LogP contribution is -2.42. The minimum atomic E-state index is -0.392. The van der Waals surface area contributed by atoms with Gasteiger partial charge in [-0.3, -0.25) is 25.2 Å². The molecule has 0 atom stereocenters. The van der Waals surface area contributed by atoms with Crippen LogP contribution in [-0.4, -0.2) is 24.2 Å². The van der Waals surface area contributed by atoms with Crippen LogP contribution in [0.5, 0.6) is 5.75 Å². The van der Waals surface area contributed by atoms with Crippen LogP contribution in [0.25, 0.3) is 0 Å². The van der Waals surface area contributed by atoms with Crippen molar-refractivity contribution in [2.24, 2.45) is 0 Å². The molecule has 0 saturated heterocycles. The Kier molecular flexibility index (Phi) is 7.49. The summed E-state index contributed by atoms with van der Waals surface area (Å²) in [4.78, 5) is 34.6. The number of Topliss-reactive ketones (excluding diaryl/α,β-unsaturated/α-hetero) is 1. The second-order valence-corrected chi connectivity index (χ2v) is 5.93. The third-order valence-electron chi connectivity index (χ3n) is 3.70. The molecule has 0 aromatic heterocycles. The normalized spacial score (nSPS) is 10.1. The second kappa shape index (κ2) is 10.1. The molecule has 0 unspecified atom stereocenters. The lowest BCUT2D eigenvalue weighted by atomic mass is 10.1. The quantitative estimate of drug-likeness (QED) is 0.424. The van der Waals surface area contributed by atoms with Gasteiger partial charge in [-0.15, -0.1) is 0 Å². The third kappa shape index (κ3) is 7.27. The fourth-order valence-electron chi connectivity index (χ4n) is 2.24. The van der Waals surface area contributed by atoms with Crippen molar-refractivity contribution in [3.8, 4) is 5.75 Å². The van der Waals surface area contributed by atoms with E-state index in [0.29, 0.717) is 29.9 Å². The van der Waals surface area contributed by atoms with Crippen molar-refractivity contribution in [1.82, 2.24) is 10.9 Å². The Balaban J connectivity index is 1.61. The van der Waals surface area contributed by atoms with E-state index in [1.807, 2.05) is 0 Å². The SMILES string of the molecule is CC(=O)c1ccc(OCCCC(=O)NNC(=O)Cc2ccc(F)cc2)cc1. The Labute approximate surface area is 156 Å². The summed E-state index contributed by atoms with van der Waals surface area (Å²) in [7, 11) is 0. The van der Waals surface area contributed by atoms with Crippen LogP contribution in [0.15, 0.2) is 48.5 Å². The van der Waals surface area contributed by atoms with Gasteiger partial charge in [0.25, 0.3) is 0 Å². The first-order chi connectivity index (χ1) is 12.9. The Morgan fingerprint density at radius 1 is 0.926 bits per heavy atom. The van der Waals surface area contributed by atoms with Gasteiger partial charge in [-0.25, -0.2) is 4.39 Å². The van der Waals surface area contributed by atoms with Gasteiger partial charge in [0, 0.05) is 12.0 Å². The fraction of sp³-hybridized carbons (Fsp3) is 0.250. The van der Waals surface area contributed by atoms with E-state index in [9.17, 15) is 18.8 Å². The van der Waals surface area contributed by atoms with Crippen molar-refractivity contribution in [3.05, 3.63) is 65.5 Å². The highest BCUT2D eigenvalue weighted by Gasteiger charge is 2.06. The van der Waals surface area contributed by atoms with Gasteiger partial charge in [0.15, 0.2) is 5.78 Å². The van der Waals surface area contributed by atoms with E-state index < -0.39 is 5.91 Å². The largest absolute Gasteiger partial charge is 0.494 e. The van der Waals surface area contributed by atoms with E-state index in [0.717, 1.165) is 0 Å². The molecule has 6 nitrogen and oxygen atoms in total. The molecule has 2 aromatic carbocycles. The molecule has 0 saturated carbocycles. The summed E-state index contributed by atoms with van der Waals surface area (Å²) in [5.74, 6) is -0.494. The molecular formula is C20H21FN2O4. The van der Waals surface area contributed by atoms with Gasteiger partial charge in [0.1, 0.15) is 11.6 Å². The molecule has 27 heavy (non-hydrogen) atoms. The molecule has 2 aromatic rings. The van der Waals surface area contributed by atoms with Gasteiger partial charge in [-0.05, 0) is 55.3 Å². The molecule has 2 N–H and O–H groups in total. The molecule has 2 rings (SSSR count). The summed E-state index contributed by atoms with van der Waals surface area (Å²) in [6.45, 7) is 1.82. The second-order valence-electron chi connectivity index (χ2n) is 5.93. The Morgan fingerprint density at radius 2 is 1.56 bits per heavy atom. The van der Waals surface area contributed by atoms with Crippen molar-refractivity contribution in [3.63, 3.8) is 0 Å². The molecule has 0 radical (unpaired) electrons. The summed E-state index contributed by atoms with van der Waals surface area (Å²) in [6, 6.07) is 12.3. The van der Waals surface area contributed by atoms with Crippen molar-refractivity contribution in [2.45, 2.75) is 26.2 Å². The number of benzene rings is 2. The summed E-state index contributed by atoms with van der Waals surface area (Å²) in [6.07, 6.45) is 0.691. The zero-order chi connectivity index (χ0) is 19.6. The highest BCUT2D eigenvalue weighted by atomic mass is 19.1. The van der Waals surface area contributed by atoms with Crippen molar-refractivity contribution in [2.75, 3.05) is 6.61 Å². The minimum absolute atomic E-state index is 0.0142. The number of carbonyl (C=O) groups is 3. The number of hydrazine groups is 1. The van der Waals surface area contributed by atoms with Crippen molar-refractivity contribution in [1.29, 1.82) is 0 Å².